The van der Waals surface area contributed by atoms with Gasteiger partial charge in [0, 0.05) is 0 Å². The monoisotopic (exact) mass is 355 g/mol. The van der Waals surface area contributed by atoms with Gasteiger partial charge in [-0.25, -0.2) is 0 Å². The average molecular weight is 356 g/mol. The largest absolute Gasteiger partial charge is 1.00 e. The van der Waals surface area contributed by atoms with Crippen LogP contribution in [0.3, 0.4) is 0 Å². The highest BCUT2D eigenvalue weighted by atomic mass is 35.5. The Morgan fingerprint density at radius 1 is 0.800 bits per heavy atom. The van der Waals surface area contributed by atoms with Gasteiger partial charge in [0.15, 0.2) is 0 Å². The van der Waals surface area contributed by atoms with E-state index in [-0.39, 0.29) is 18.5 Å². The van der Waals surface area contributed by atoms with E-state index in [1.54, 1.807) is 4.90 Å². The number of benzene rings is 2. The molecular weight excluding hydrogens is 330 g/mol. The first-order chi connectivity index (χ1) is 11.9. The number of piperidine rings is 1. The predicted molar refractivity (Wildman–Crippen MR) is 97.9 cm³/mol. The predicted octanol–water partition coefficient (Wildman–Crippen LogP) is -0.131. The van der Waals surface area contributed by atoms with Crippen molar-refractivity contribution in [2.75, 3.05) is 26.2 Å². The van der Waals surface area contributed by atoms with Crippen molar-refractivity contribution in [3.05, 3.63) is 71.8 Å². The molecule has 1 aliphatic rings. The summed E-state index contributed by atoms with van der Waals surface area (Å²) in [5.74, 6) is 6.51. The molecule has 2 aromatic rings. The SMILES string of the molecule is C(#CC[NH+]1CCCCC1)COC(c1ccccc1)c1ccccc1.[Cl-]. The van der Waals surface area contributed by atoms with Crippen LogP contribution in [0.25, 0.3) is 0 Å². The molecule has 0 amide bonds. The van der Waals surface area contributed by atoms with Crippen LogP contribution in [0.4, 0.5) is 0 Å². The van der Waals surface area contributed by atoms with E-state index < -0.39 is 0 Å². The van der Waals surface area contributed by atoms with E-state index >= 15 is 0 Å². The Labute approximate surface area is 157 Å². The second kappa shape index (κ2) is 10.9. The van der Waals surface area contributed by atoms with Crippen LogP contribution in [-0.2, 0) is 4.74 Å². The Morgan fingerprint density at radius 2 is 1.36 bits per heavy atom. The Bertz CT molecular complexity index is 617. The standard InChI is InChI=1S/C22H25NO.ClH/c1-4-12-20(13-5-1)22(21-14-6-2-7-15-21)24-19-11-10-18-23-16-8-3-9-17-23;/h1-2,4-7,12-15,22H,3,8-9,16-19H2;1H. The zero-order chi connectivity index (χ0) is 16.5. The van der Waals surface area contributed by atoms with Crippen molar-refractivity contribution in [3.63, 3.8) is 0 Å². The molecule has 1 saturated heterocycles. The van der Waals surface area contributed by atoms with Gasteiger partial charge in [-0.05, 0) is 36.3 Å². The maximum atomic E-state index is 6.12. The minimum absolute atomic E-state index is 0. The summed E-state index contributed by atoms with van der Waals surface area (Å²) in [6.45, 7) is 3.96. The highest BCUT2D eigenvalue weighted by Gasteiger charge is 2.14. The van der Waals surface area contributed by atoms with Gasteiger partial charge in [0.25, 0.3) is 0 Å². The molecule has 0 atom stereocenters. The van der Waals surface area contributed by atoms with E-state index in [0.29, 0.717) is 6.61 Å². The first-order valence-corrected chi connectivity index (χ1v) is 8.94. The molecule has 0 saturated carbocycles. The van der Waals surface area contributed by atoms with Gasteiger partial charge in [-0.3, -0.25) is 0 Å². The highest BCUT2D eigenvalue weighted by Crippen LogP contribution is 2.25. The number of rotatable bonds is 5. The van der Waals surface area contributed by atoms with Crippen LogP contribution >= 0.6 is 0 Å². The van der Waals surface area contributed by atoms with Crippen LogP contribution in [0.15, 0.2) is 60.7 Å². The molecule has 0 aliphatic carbocycles. The lowest BCUT2D eigenvalue weighted by Gasteiger charge is -2.21. The molecule has 0 bridgehead atoms. The van der Waals surface area contributed by atoms with Gasteiger partial charge in [-0.2, -0.15) is 0 Å². The van der Waals surface area contributed by atoms with Crippen molar-refractivity contribution < 1.29 is 22.0 Å². The van der Waals surface area contributed by atoms with Crippen molar-refractivity contribution in [2.45, 2.75) is 25.4 Å². The van der Waals surface area contributed by atoms with E-state index in [1.165, 1.54) is 43.5 Å². The molecule has 3 rings (SSSR count). The minimum atomic E-state index is -0.0518. The first kappa shape index (κ1) is 19.5. The van der Waals surface area contributed by atoms with Gasteiger partial charge in [0.1, 0.15) is 19.3 Å². The minimum Gasteiger partial charge on any atom is -1.00 e. The van der Waals surface area contributed by atoms with Gasteiger partial charge >= 0.3 is 0 Å². The van der Waals surface area contributed by atoms with E-state index in [1.807, 2.05) is 12.1 Å². The second-order valence-electron chi connectivity index (χ2n) is 6.35. The molecule has 2 aromatic carbocycles. The maximum Gasteiger partial charge on any atom is 0.139 e. The summed E-state index contributed by atoms with van der Waals surface area (Å²) in [6.07, 6.45) is 4.02. The molecule has 25 heavy (non-hydrogen) atoms. The summed E-state index contributed by atoms with van der Waals surface area (Å²) in [7, 11) is 0. The topological polar surface area (TPSA) is 13.7 Å². The number of halogens is 1. The Kier molecular flexibility index (Phi) is 8.55. The van der Waals surface area contributed by atoms with Crippen molar-refractivity contribution in [1.82, 2.24) is 0 Å². The van der Waals surface area contributed by atoms with Gasteiger partial charge < -0.3 is 22.0 Å². The number of hydrogen-bond acceptors (Lipinski definition) is 1. The molecule has 0 spiro atoms. The third-order valence-electron chi connectivity index (χ3n) is 4.55. The molecule has 2 nitrogen and oxygen atoms in total. The summed E-state index contributed by atoms with van der Waals surface area (Å²) in [4.78, 5) is 1.62. The van der Waals surface area contributed by atoms with Crippen LogP contribution in [-0.4, -0.2) is 26.2 Å². The van der Waals surface area contributed by atoms with Crippen LogP contribution < -0.4 is 17.3 Å². The molecule has 1 fully saturated rings. The van der Waals surface area contributed by atoms with E-state index in [2.05, 4.69) is 60.4 Å². The molecule has 3 heteroatoms. The van der Waals surface area contributed by atoms with Gasteiger partial charge in [0.2, 0.25) is 0 Å². The third-order valence-corrected chi connectivity index (χ3v) is 4.55. The summed E-state index contributed by atoms with van der Waals surface area (Å²) in [5.41, 5.74) is 2.35. The van der Waals surface area contributed by atoms with Gasteiger partial charge in [-0.15, -0.1) is 0 Å². The number of likely N-dealkylation sites (tertiary alicyclic amines) is 1. The Balaban J connectivity index is 0.00000225. The van der Waals surface area contributed by atoms with Crippen molar-refractivity contribution in [2.24, 2.45) is 0 Å². The second-order valence-corrected chi connectivity index (χ2v) is 6.35. The lowest BCUT2D eigenvalue weighted by molar-refractivity contribution is -0.897. The Morgan fingerprint density at radius 3 is 1.92 bits per heavy atom. The summed E-state index contributed by atoms with van der Waals surface area (Å²) in [6, 6.07) is 20.7. The van der Waals surface area contributed by atoms with E-state index in [4.69, 9.17) is 4.74 Å². The lowest BCUT2D eigenvalue weighted by Crippen LogP contribution is -3.12. The fourth-order valence-corrected chi connectivity index (χ4v) is 3.23. The van der Waals surface area contributed by atoms with Crippen molar-refractivity contribution in [3.8, 4) is 11.8 Å². The molecule has 132 valence electrons. The lowest BCUT2D eigenvalue weighted by atomic mass is 10.0. The highest BCUT2D eigenvalue weighted by molar-refractivity contribution is 5.30. The zero-order valence-electron chi connectivity index (χ0n) is 14.6. The maximum absolute atomic E-state index is 6.12. The fourth-order valence-electron chi connectivity index (χ4n) is 3.23. The molecule has 0 aromatic heterocycles. The number of ether oxygens (including phenoxy) is 1. The first-order valence-electron chi connectivity index (χ1n) is 8.94. The number of quaternary nitrogens is 1. The normalized spacial score (nSPS) is 14.4. The van der Waals surface area contributed by atoms with Crippen LogP contribution in [0.5, 0.6) is 0 Å². The van der Waals surface area contributed by atoms with Gasteiger partial charge in [-0.1, -0.05) is 66.6 Å². The molecular formula is C22H26ClNO. The van der Waals surface area contributed by atoms with Crippen molar-refractivity contribution in [1.29, 1.82) is 0 Å². The quantitative estimate of drug-likeness (QED) is 0.738. The fraction of sp³-hybridized carbons (Fsp3) is 0.364. The summed E-state index contributed by atoms with van der Waals surface area (Å²) < 4.78 is 6.12. The van der Waals surface area contributed by atoms with Crippen LogP contribution in [0.1, 0.15) is 36.5 Å². The van der Waals surface area contributed by atoms with E-state index in [0.717, 1.165) is 6.54 Å². The zero-order valence-corrected chi connectivity index (χ0v) is 15.3. The Hall–Kier alpha value is -1.79. The average Bonchev–Trinajstić information content (AvgIpc) is 2.67. The van der Waals surface area contributed by atoms with Crippen molar-refractivity contribution >= 4 is 0 Å². The third kappa shape index (κ3) is 6.21. The van der Waals surface area contributed by atoms with Gasteiger partial charge in [0.05, 0.1) is 13.1 Å². The summed E-state index contributed by atoms with van der Waals surface area (Å²) in [5, 5.41) is 0. The molecule has 1 heterocycles. The molecule has 1 N–H and O–H groups in total. The van der Waals surface area contributed by atoms with Crippen LogP contribution in [0.2, 0.25) is 0 Å². The van der Waals surface area contributed by atoms with E-state index in [9.17, 15) is 0 Å². The number of nitrogens with one attached hydrogen (secondary N) is 1. The smallest absolute Gasteiger partial charge is 0.139 e. The summed E-state index contributed by atoms with van der Waals surface area (Å²) >= 11 is 0. The number of hydrogen-bond donors (Lipinski definition) is 1. The molecule has 0 unspecified atom stereocenters. The molecule has 0 radical (unpaired) electrons. The molecule has 1 aliphatic heterocycles. The van der Waals surface area contributed by atoms with Crippen LogP contribution in [0, 0.1) is 11.8 Å².